The van der Waals surface area contributed by atoms with Crippen molar-refractivity contribution in [3.63, 3.8) is 0 Å². The van der Waals surface area contributed by atoms with Crippen LogP contribution in [0.5, 0.6) is 11.5 Å². The minimum absolute atomic E-state index is 0.192. The van der Waals surface area contributed by atoms with E-state index in [2.05, 4.69) is 195 Å². The van der Waals surface area contributed by atoms with E-state index >= 15 is 0 Å². The molecule has 2 heterocycles. The van der Waals surface area contributed by atoms with Gasteiger partial charge in [-0.3, -0.25) is 0 Å². The Labute approximate surface area is 337 Å². The standard InChI is InChI=1S/C55H37NO2/c1-55(2)47-19-8-6-14-40(47)45-18-11-20-48(54(45)55)56(38-27-30-50-46(33-38)41-15-7-9-21-49(41)57-50)37-25-22-34(23-26-37)36-24-28-42-44-17-10-16-43-39(35-12-4-3-5-13-35)29-31-51(53(43)44)58-52(42)32-36/h3-33H,1-2H3. The first kappa shape index (κ1) is 32.8. The maximum absolute atomic E-state index is 6.71. The van der Waals surface area contributed by atoms with Gasteiger partial charge in [0, 0.05) is 38.5 Å². The molecule has 58 heavy (non-hydrogen) atoms. The molecule has 0 fully saturated rings. The zero-order valence-corrected chi connectivity index (χ0v) is 32.2. The van der Waals surface area contributed by atoms with Gasteiger partial charge in [-0.1, -0.05) is 141 Å². The Balaban J connectivity index is 0.970. The Hall–Kier alpha value is -7.36. The molecule has 12 rings (SSSR count). The van der Waals surface area contributed by atoms with Gasteiger partial charge in [0.05, 0.1) is 5.69 Å². The summed E-state index contributed by atoms with van der Waals surface area (Å²) in [4.78, 5) is 2.43. The van der Waals surface area contributed by atoms with Gasteiger partial charge < -0.3 is 14.1 Å². The number of furan rings is 1. The lowest BCUT2D eigenvalue weighted by molar-refractivity contribution is 0.487. The summed E-state index contributed by atoms with van der Waals surface area (Å²) >= 11 is 0. The summed E-state index contributed by atoms with van der Waals surface area (Å²) in [6.07, 6.45) is 0. The van der Waals surface area contributed by atoms with Gasteiger partial charge in [0.15, 0.2) is 0 Å². The van der Waals surface area contributed by atoms with E-state index in [0.717, 1.165) is 66.9 Å². The molecule has 1 aliphatic heterocycles. The second-order valence-electron chi connectivity index (χ2n) is 16.0. The fourth-order valence-corrected chi connectivity index (χ4v) is 9.77. The lowest BCUT2D eigenvalue weighted by Crippen LogP contribution is -2.20. The van der Waals surface area contributed by atoms with Crippen LogP contribution in [0.1, 0.15) is 25.0 Å². The molecular formula is C55H37NO2. The predicted octanol–water partition coefficient (Wildman–Crippen LogP) is 15.6. The highest BCUT2D eigenvalue weighted by atomic mass is 16.5. The van der Waals surface area contributed by atoms with Crippen LogP contribution in [0, 0.1) is 0 Å². The Kier molecular flexibility index (Phi) is 6.98. The van der Waals surface area contributed by atoms with Gasteiger partial charge in [-0.2, -0.15) is 0 Å². The highest BCUT2D eigenvalue weighted by Crippen LogP contribution is 2.55. The minimum atomic E-state index is -0.192. The average Bonchev–Trinajstić information content (AvgIpc) is 3.76. The van der Waals surface area contributed by atoms with Gasteiger partial charge in [0.25, 0.3) is 0 Å². The van der Waals surface area contributed by atoms with Crippen LogP contribution in [-0.4, -0.2) is 0 Å². The first-order valence-corrected chi connectivity index (χ1v) is 20.0. The molecule has 274 valence electrons. The molecule has 10 aromatic rings. The molecule has 0 bridgehead atoms. The number of rotatable bonds is 5. The Morgan fingerprint density at radius 1 is 0.414 bits per heavy atom. The van der Waals surface area contributed by atoms with Gasteiger partial charge in [0.1, 0.15) is 22.7 Å². The molecule has 0 saturated heterocycles. The third-order valence-electron chi connectivity index (χ3n) is 12.5. The lowest BCUT2D eigenvalue weighted by atomic mass is 9.81. The van der Waals surface area contributed by atoms with Crippen LogP contribution in [0.2, 0.25) is 0 Å². The molecule has 0 radical (unpaired) electrons. The Morgan fingerprint density at radius 2 is 1.10 bits per heavy atom. The molecule has 0 atom stereocenters. The summed E-state index contributed by atoms with van der Waals surface area (Å²) in [6, 6.07) is 67.6. The van der Waals surface area contributed by atoms with Gasteiger partial charge in [-0.05, 0) is 116 Å². The molecule has 0 amide bonds. The van der Waals surface area contributed by atoms with Gasteiger partial charge in [0.2, 0.25) is 0 Å². The van der Waals surface area contributed by atoms with E-state index in [1.165, 1.54) is 50.0 Å². The molecule has 0 spiro atoms. The fourth-order valence-electron chi connectivity index (χ4n) is 9.77. The van der Waals surface area contributed by atoms with Crippen molar-refractivity contribution < 1.29 is 9.15 Å². The smallest absolute Gasteiger partial charge is 0.135 e. The zero-order chi connectivity index (χ0) is 38.5. The molecule has 0 unspecified atom stereocenters. The first-order chi connectivity index (χ1) is 28.5. The van der Waals surface area contributed by atoms with Crippen LogP contribution >= 0.6 is 0 Å². The van der Waals surface area contributed by atoms with Gasteiger partial charge in [-0.15, -0.1) is 0 Å². The topological polar surface area (TPSA) is 25.6 Å². The van der Waals surface area contributed by atoms with Crippen LogP contribution in [0.4, 0.5) is 17.1 Å². The van der Waals surface area contributed by atoms with E-state index in [-0.39, 0.29) is 5.41 Å². The quantitative estimate of drug-likeness (QED) is 0.176. The molecule has 3 heteroatoms. The van der Waals surface area contributed by atoms with E-state index in [1.54, 1.807) is 0 Å². The number of hydrogen-bond acceptors (Lipinski definition) is 3. The van der Waals surface area contributed by atoms with Crippen molar-refractivity contribution in [3.05, 3.63) is 199 Å². The van der Waals surface area contributed by atoms with E-state index in [1.807, 2.05) is 12.1 Å². The SMILES string of the molecule is CC1(C)c2ccccc2-c2cccc(N(c3ccc(-c4ccc5c(c4)Oc4ccc(-c6ccccc6)c6cccc-5c46)cc3)c3ccc4oc5ccccc5c4c3)c21. The lowest BCUT2D eigenvalue weighted by Gasteiger charge is -2.32. The zero-order valence-electron chi connectivity index (χ0n) is 32.2. The largest absolute Gasteiger partial charge is 0.456 e. The highest BCUT2D eigenvalue weighted by molar-refractivity contribution is 6.10. The third-order valence-corrected chi connectivity index (χ3v) is 12.5. The molecule has 1 aromatic heterocycles. The monoisotopic (exact) mass is 743 g/mol. The number of para-hydroxylation sites is 1. The normalized spacial score (nSPS) is 13.3. The second kappa shape index (κ2) is 12.3. The van der Waals surface area contributed by atoms with Crippen LogP contribution in [0.25, 0.3) is 77.2 Å². The number of hydrogen-bond donors (Lipinski definition) is 0. The van der Waals surface area contributed by atoms with Crippen LogP contribution in [-0.2, 0) is 5.41 Å². The maximum Gasteiger partial charge on any atom is 0.135 e. The number of anilines is 3. The molecule has 0 saturated carbocycles. The Bertz CT molecular complexity index is 3280. The van der Waals surface area contributed by atoms with Gasteiger partial charge >= 0.3 is 0 Å². The van der Waals surface area contributed by atoms with Crippen molar-refractivity contribution in [3.8, 4) is 56.0 Å². The number of nitrogens with zero attached hydrogens (tertiary/aromatic N) is 1. The minimum Gasteiger partial charge on any atom is -0.456 e. The molecular weight excluding hydrogens is 707 g/mol. The van der Waals surface area contributed by atoms with E-state index in [9.17, 15) is 0 Å². The fraction of sp³-hybridized carbons (Fsp3) is 0.0545. The van der Waals surface area contributed by atoms with E-state index in [0.29, 0.717) is 0 Å². The van der Waals surface area contributed by atoms with Crippen molar-refractivity contribution in [2.24, 2.45) is 0 Å². The van der Waals surface area contributed by atoms with Crippen molar-refractivity contribution in [2.45, 2.75) is 19.3 Å². The molecule has 1 aliphatic carbocycles. The average molecular weight is 744 g/mol. The summed E-state index contributed by atoms with van der Waals surface area (Å²) in [7, 11) is 0. The Morgan fingerprint density at radius 3 is 2.00 bits per heavy atom. The van der Waals surface area contributed by atoms with Crippen LogP contribution in [0.15, 0.2) is 192 Å². The number of ether oxygens (including phenoxy) is 1. The molecule has 3 nitrogen and oxygen atoms in total. The highest BCUT2D eigenvalue weighted by Gasteiger charge is 2.38. The molecule has 0 N–H and O–H groups in total. The maximum atomic E-state index is 6.71. The number of fused-ring (bicyclic) bond motifs is 8. The third kappa shape index (κ3) is 4.80. The van der Waals surface area contributed by atoms with Crippen LogP contribution in [0.3, 0.4) is 0 Å². The summed E-state index contributed by atoms with van der Waals surface area (Å²) in [6.45, 7) is 4.71. The summed E-state index contributed by atoms with van der Waals surface area (Å²) in [5, 5.41) is 4.58. The molecule has 9 aromatic carbocycles. The summed E-state index contributed by atoms with van der Waals surface area (Å²) < 4.78 is 13.0. The second-order valence-corrected chi connectivity index (χ2v) is 16.0. The van der Waals surface area contributed by atoms with Crippen molar-refractivity contribution >= 4 is 49.8 Å². The van der Waals surface area contributed by atoms with Crippen molar-refractivity contribution in [2.75, 3.05) is 4.90 Å². The summed E-state index contributed by atoms with van der Waals surface area (Å²) in [5.41, 5.74) is 17.2. The van der Waals surface area contributed by atoms with Gasteiger partial charge in [-0.25, -0.2) is 0 Å². The van der Waals surface area contributed by atoms with E-state index < -0.39 is 0 Å². The number of benzene rings is 9. The van der Waals surface area contributed by atoms with Crippen molar-refractivity contribution in [1.29, 1.82) is 0 Å². The van der Waals surface area contributed by atoms with Crippen LogP contribution < -0.4 is 9.64 Å². The first-order valence-electron chi connectivity index (χ1n) is 20.0. The van der Waals surface area contributed by atoms with Crippen molar-refractivity contribution in [1.82, 2.24) is 0 Å². The van der Waals surface area contributed by atoms with E-state index in [4.69, 9.17) is 9.15 Å². The summed E-state index contributed by atoms with van der Waals surface area (Å²) in [5.74, 6) is 1.77. The molecule has 2 aliphatic rings. The predicted molar refractivity (Wildman–Crippen MR) is 240 cm³/mol.